The minimum atomic E-state index is 0.624. The van der Waals surface area contributed by atoms with Gasteiger partial charge in [-0.3, -0.25) is 4.98 Å². The fraction of sp³-hybridized carbons (Fsp3) is 0.154. The minimum absolute atomic E-state index is 0.624. The molecule has 2 aromatic heterocycles. The third kappa shape index (κ3) is 3.68. The number of pyridine rings is 1. The zero-order chi connectivity index (χ0) is 12.6. The first-order valence-corrected chi connectivity index (χ1v) is 6.27. The van der Waals surface area contributed by atoms with Gasteiger partial charge in [-0.2, -0.15) is 0 Å². The van der Waals surface area contributed by atoms with Gasteiger partial charge in [0.15, 0.2) is 5.01 Å². The largest absolute Gasteiger partial charge is 0.411 e. The molecule has 0 spiro atoms. The van der Waals surface area contributed by atoms with E-state index in [0.29, 0.717) is 5.69 Å². The molecule has 0 atom stereocenters. The van der Waals surface area contributed by atoms with E-state index in [0.717, 1.165) is 17.8 Å². The van der Waals surface area contributed by atoms with E-state index < -0.39 is 0 Å². The summed E-state index contributed by atoms with van der Waals surface area (Å²) < 4.78 is 0. The Kier molecular flexibility index (Phi) is 4.45. The van der Waals surface area contributed by atoms with Crippen LogP contribution in [0.5, 0.6) is 0 Å². The summed E-state index contributed by atoms with van der Waals surface area (Å²) in [6.45, 7) is 0. The van der Waals surface area contributed by atoms with Crippen molar-refractivity contribution >= 4 is 17.6 Å². The molecule has 2 rings (SSSR count). The minimum Gasteiger partial charge on any atom is -0.411 e. The van der Waals surface area contributed by atoms with Crippen LogP contribution in [0.2, 0.25) is 0 Å². The van der Waals surface area contributed by atoms with Crippen molar-refractivity contribution < 1.29 is 5.21 Å². The van der Waals surface area contributed by atoms with Gasteiger partial charge in [0.25, 0.3) is 0 Å². The van der Waals surface area contributed by atoms with Crippen molar-refractivity contribution in [2.75, 3.05) is 0 Å². The molecule has 0 saturated heterocycles. The lowest BCUT2D eigenvalue weighted by atomic mass is 10.2. The molecule has 0 aliphatic heterocycles. The number of nitrogens with zero attached hydrogens (tertiary/aromatic N) is 3. The molecule has 0 aliphatic rings. The molecule has 2 heterocycles. The molecule has 0 aliphatic carbocycles. The lowest BCUT2D eigenvalue weighted by Gasteiger charge is -1.93. The quantitative estimate of drug-likeness (QED) is 0.397. The lowest BCUT2D eigenvalue weighted by molar-refractivity contribution is 0.321. The van der Waals surface area contributed by atoms with Crippen LogP contribution in [0.3, 0.4) is 0 Å². The van der Waals surface area contributed by atoms with Crippen LogP contribution in [0.15, 0.2) is 35.1 Å². The average Bonchev–Trinajstić information content (AvgIpc) is 2.84. The number of aryl methyl sites for hydroxylation is 1. The Morgan fingerprint density at radius 2 is 2.44 bits per heavy atom. The van der Waals surface area contributed by atoms with Crippen LogP contribution in [0.1, 0.15) is 22.7 Å². The highest BCUT2D eigenvalue weighted by atomic mass is 32.1. The van der Waals surface area contributed by atoms with Crippen LogP contribution < -0.4 is 0 Å². The first kappa shape index (κ1) is 12.3. The number of oxime groups is 1. The number of hydrogen-bond acceptors (Lipinski definition) is 5. The molecule has 5 heteroatoms. The average molecular weight is 257 g/mol. The van der Waals surface area contributed by atoms with Gasteiger partial charge >= 0.3 is 0 Å². The normalized spacial score (nSPS) is 10.2. The molecule has 18 heavy (non-hydrogen) atoms. The Balaban J connectivity index is 1.88. The Hall–Kier alpha value is -2.19. The maximum absolute atomic E-state index is 8.36. The van der Waals surface area contributed by atoms with Crippen LogP contribution in [-0.4, -0.2) is 21.4 Å². The second-order valence-corrected chi connectivity index (χ2v) is 4.34. The van der Waals surface area contributed by atoms with Crippen molar-refractivity contribution in [3.05, 3.63) is 46.2 Å². The number of hydrogen-bond donors (Lipinski definition) is 1. The summed E-state index contributed by atoms with van der Waals surface area (Å²) in [5.74, 6) is 6.06. The summed E-state index contributed by atoms with van der Waals surface area (Å²) in [4.78, 5) is 8.22. The number of aromatic nitrogens is 2. The predicted molar refractivity (Wildman–Crippen MR) is 70.9 cm³/mol. The third-order valence-electron chi connectivity index (χ3n) is 2.17. The molecule has 4 nitrogen and oxygen atoms in total. The summed E-state index contributed by atoms with van der Waals surface area (Å²) >= 11 is 1.44. The van der Waals surface area contributed by atoms with Gasteiger partial charge in [0, 0.05) is 24.2 Å². The molecule has 0 bridgehead atoms. The number of thiazole rings is 1. The van der Waals surface area contributed by atoms with E-state index in [9.17, 15) is 0 Å². The highest BCUT2D eigenvalue weighted by Crippen LogP contribution is 2.06. The molecule has 0 radical (unpaired) electrons. The van der Waals surface area contributed by atoms with Gasteiger partial charge in [0.2, 0.25) is 0 Å². The fourth-order valence-corrected chi connectivity index (χ4v) is 1.99. The van der Waals surface area contributed by atoms with Gasteiger partial charge < -0.3 is 5.21 Å². The SMILES string of the molecule is O/N=C\c1csc(C#CCCc2cccnc2)n1. The van der Waals surface area contributed by atoms with Crippen molar-refractivity contribution in [1.29, 1.82) is 0 Å². The topological polar surface area (TPSA) is 58.4 Å². The fourth-order valence-electron chi connectivity index (χ4n) is 1.35. The van der Waals surface area contributed by atoms with Crippen LogP contribution in [0, 0.1) is 11.8 Å². The molecule has 90 valence electrons. The Bertz CT molecular complexity index is 581. The van der Waals surface area contributed by atoms with Gasteiger partial charge in [0.1, 0.15) is 0 Å². The van der Waals surface area contributed by atoms with E-state index >= 15 is 0 Å². The van der Waals surface area contributed by atoms with Crippen molar-refractivity contribution in [3.63, 3.8) is 0 Å². The lowest BCUT2D eigenvalue weighted by Crippen LogP contribution is -1.84. The molecule has 0 saturated carbocycles. The van der Waals surface area contributed by atoms with E-state index in [2.05, 4.69) is 27.0 Å². The molecule has 0 amide bonds. The molecule has 0 unspecified atom stereocenters. The van der Waals surface area contributed by atoms with E-state index in [1.807, 2.05) is 18.3 Å². The van der Waals surface area contributed by atoms with Crippen LogP contribution >= 0.6 is 11.3 Å². The van der Waals surface area contributed by atoms with Crippen LogP contribution in [-0.2, 0) is 6.42 Å². The Morgan fingerprint density at radius 1 is 1.50 bits per heavy atom. The van der Waals surface area contributed by atoms with Gasteiger partial charge in [0.05, 0.1) is 11.9 Å². The Morgan fingerprint density at radius 3 is 3.22 bits per heavy atom. The zero-order valence-corrected chi connectivity index (χ0v) is 10.4. The van der Waals surface area contributed by atoms with Gasteiger partial charge in [-0.1, -0.05) is 17.1 Å². The second-order valence-electron chi connectivity index (χ2n) is 3.49. The summed E-state index contributed by atoms with van der Waals surface area (Å²) in [5, 5.41) is 13.8. The summed E-state index contributed by atoms with van der Waals surface area (Å²) in [6.07, 6.45) is 6.55. The van der Waals surface area contributed by atoms with Gasteiger partial charge in [-0.15, -0.1) is 11.3 Å². The first-order valence-electron chi connectivity index (χ1n) is 5.39. The van der Waals surface area contributed by atoms with Crippen molar-refractivity contribution in [2.45, 2.75) is 12.8 Å². The molecule has 2 aromatic rings. The smallest absolute Gasteiger partial charge is 0.167 e. The van der Waals surface area contributed by atoms with E-state index in [-0.39, 0.29) is 0 Å². The van der Waals surface area contributed by atoms with Gasteiger partial charge in [-0.25, -0.2) is 4.98 Å². The highest BCUT2D eigenvalue weighted by Gasteiger charge is 1.95. The first-order chi connectivity index (χ1) is 8.88. The molecule has 1 N–H and O–H groups in total. The maximum atomic E-state index is 8.36. The van der Waals surface area contributed by atoms with Crippen LogP contribution in [0.25, 0.3) is 0 Å². The van der Waals surface area contributed by atoms with E-state index in [4.69, 9.17) is 5.21 Å². The molecule has 0 fully saturated rings. The summed E-state index contributed by atoms with van der Waals surface area (Å²) in [5.41, 5.74) is 1.80. The Labute approximate surface area is 109 Å². The predicted octanol–water partition coefficient (Wildman–Crippen LogP) is 2.33. The number of rotatable bonds is 3. The highest BCUT2D eigenvalue weighted by molar-refractivity contribution is 7.10. The molecular weight excluding hydrogens is 246 g/mol. The summed E-state index contributed by atoms with van der Waals surface area (Å²) in [6, 6.07) is 3.96. The van der Waals surface area contributed by atoms with Crippen molar-refractivity contribution in [2.24, 2.45) is 5.16 Å². The van der Waals surface area contributed by atoms with Crippen LogP contribution in [0.4, 0.5) is 0 Å². The standard InChI is InChI=1S/C13H11N3OS/c17-15-9-12-10-18-13(16-12)6-2-1-4-11-5-3-7-14-8-11/h3,5,7-10,17H,1,4H2/b15-9-. The summed E-state index contributed by atoms with van der Waals surface area (Å²) in [7, 11) is 0. The van der Waals surface area contributed by atoms with E-state index in [1.165, 1.54) is 23.1 Å². The van der Waals surface area contributed by atoms with E-state index in [1.54, 1.807) is 11.6 Å². The molecular formula is C13H11N3OS. The second kappa shape index (κ2) is 6.52. The third-order valence-corrected chi connectivity index (χ3v) is 2.94. The zero-order valence-electron chi connectivity index (χ0n) is 9.58. The molecule has 0 aromatic carbocycles. The monoisotopic (exact) mass is 257 g/mol. The van der Waals surface area contributed by atoms with Gasteiger partial charge in [-0.05, 0) is 24.0 Å². The van der Waals surface area contributed by atoms with Crippen molar-refractivity contribution in [3.8, 4) is 11.8 Å². The maximum Gasteiger partial charge on any atom is 0.167 e. The van der Waals surface area contributed by atoms with Crippen molar-refractivity contribution in [1.82, 2.24) is 9.97 Å².